The molecule has 4 aromatic rings. The fraction of sp³-hybridized carbons (Fsp3) is 0.452. The first kappa shape index (κ1) is 31.1. The molecule has 1 amide bonds. The smallest absolute Gasteiger partial charge is 0.419 e. The van der Waals surface area contributed by atoms with Gasteiger partial charge in [0.25, 0.3) is 0 Å². The molecule has 1 saturated heterocycles. The van der Waals surface area contributed by atoms with E-state index in [2.05, 4.69) is 10.3 Å². The van der Waals surface area contributed by atoms with E-state index in [-0.39, 0.29) is 25.6 Å². The Bertz CT molecular complexity index is 1730. The number of hydrogen-bond acceptors (Lipinski definition) is 9. The maximum absolute atomic E-state index is 13.2. The summed E-state index contributed by atoms with van der Waals surface area (Å²) in [5.74, 6) is -0.115. The van der Waals surface area contributed by atoms with Crippen molar-refractivity contribution in [1.82, 2.24) is 23.8 Å². The third-order valence-corrected chi connectivity index (χ3v) is 7.23. The molecule has 0 saturated carbocycles. The molecule has 0 spiro atoms. The molecule has 1 N–H and O–H groups in total. The minimum Gasteiger partial charge on any atom is -0.464 e. The number of fused-ring (bicyclic) bond motifs is 2. The van der Waals surface area contributed by atoms with Gasteiger partial charge < -0.3 is 19.5 Å². The molecule has 1 aromatic carbocycles. The largest absolute Gasteiger partial charge is 0.464 e. The van der Waals surface area contributed by atoms with Gasteiger partial charge in [-0.2, -0.15) is 0 Å². The third-order valence-electron chi connectivity index (χ3n) is 6.87. The molecular weight excluding hydrogens is 588 g/mol. The van der Waals surface area contributed by atoms with E-state index in [4.69, 9.17) is 30.8 Å². The van der Waals surface area contributed by atoms with Gasteiger partial charge in [0.15, 0.2) is 11.5 Å². The summed E-state index contributed by atoms with van der Waals surface area (Å²) in [7, 11) is 0. The Hall–Kier alpha value is -4.32. The maximum atomic E-state index is 13.2. The number of anilines is 1. The Kier molecular flexibility index (Phi) is 8.23. The van der Waals surface area contributed by atoms with Crippen molar-refractivity contribution in [3.63, 3.8) is 0 Å². The zero-order valence-electron chi connectivity index (χ0n) is 25.9. The fourth-order valence-electron chi connectivity index (χ4n) is 5.18. The van der Waals surface area contributed by atoms with Crippen molar-refractivity contribution in [2.75, 3.05) is 18.5 Å². The fourth-order valence-corrected chi connectivity index (χ4v) is 5.46. The lowest BCUT2D eigenvalue weighted by atomic mass is 10.1. The molecule has 0 bridgehead atoms. The van der Waals surface area contributed by atoms with Gasteiger partial charge in [-0.05, 0) is 54.5 Å². The van der Waals surface area contributed by atoms with Gasteiger partial charge in [0.05, 0.1) is 12.1 Å². The zero-order valence-corrected chi connectivity index (χ0v) is 26.6. The van der Waals surface area contributed by atoms with Crippen LogP contribution in [0.25, 0.3) is 27.8 Å². The van der Waals surface area contributed by atoms with Crippen molar-refractivity contribution in [2.24, 2.45) is 0 Å². The van der Waals surface area contributed by atoms with Crippen LogP contribution in [0.15, 0.2) is 42.9 Å². The number of imidazole rings is 1. The molecule has 5 rings (SSSR count). The molecular formula is C31H37ClN6O6. The maximum Gasteiger partial charge on any atom is 0.419 e. The number of para-hydroxylation sites is 1. The van der Waals surface area contributed by atoms with Crippen molar-refractivity contribution in [2.45, 2.75) is 78.2 Å². The number of aromatic nitrogens is 4. The lowest BCUT2D eigenvalue weighted by Crippen LogP contribution is -2.44. The highest BCUT2D eigenvalue weighted by molar-refractivity contribution is 6.32. The van der Waals surface area contributed by atoms with Gasteiger partial charge in [-0.3, -0.25) is 13.9 Å². The van der Waals surface area contributed by atoms with Crippen LogP contribution in [0.5, 0.6) is 0 Å². The Morgan fingerprint density at radius 1 is 1.05 bits per heavy atom. The van der Waals surface area contributed by atoms with Gasteiger partial charge >= 0.3 is 18.2 Å². The molecule has 234 valence electrons. The van der Waals surface area contributed by atoms with E-state index in [0.29, 0.717) is 33.4 Å². The van der Waals surface area contributed by atoms with Crippen LogP contribution in [-0.4, -0.2) is 78.4 Å². The highest BCUT2D eigenvalue weighted by Gasteiger charge is 2.43. The first-order chi connectivity index (χ1) is 20.7. The average Bonchev–Trinajstić information content (AvgIpc) is 3.66. The first-order valence-electron chi connectivity index (χ1n) is 14.5. The number of hydrogen-bond donors (Lipinski definition) is 1. The molecule has 1 fully saturated rings. The number of rotatable bonds is 5. The van der Waals surface area contributed by atoms with Crippen LogP contribution in [0.3, 0.4) is 0 Å². The predicted octanol–water partition coefficient (Wildman–Crippen LogP) is 6.14. The number of benzene rings is 1. The van der Waals surface area contributed by atoms with Crippen molar-refractivity contribution < 1.29 is 28.6 Å². The molecule has 44 heavy (non-hydrogen) atoms. The second kappa shape index (κ2) is 11.6. The van der Waals surface area contributed by atoms with Crippen molar-refractivity contribution in [3.8, 4) is 11.3 Å². The number of halogens is 1. The highest BCUT2D eigenvalue weighted by Crippen LogP contribution is 2.37. The minimum atomic E-state index is -0.836. The quantitative estimate of drug-likeness (QED) is 0.205. The van der Waals surface area contributed by atoms with Gasteiger partial charge in [0.2, 0.25) is 0 Å². The van der Waals surface area contributed by atoms with Crippen molar-refractivity contribution in [1.29, 1.82) is 0 Å². The van der Waals surface area contributed by atoms with Crippen LogP contribution in [-0.2, 0) is 19.0 Å². The summed E-state index contributed by atoms with van der Waals surface area (Å²) >= 11 is 6.90. The lowest BCUT2D eigenvalue weighted by molar-refractivity contribution is -0.148. The van der Waals surface area contributed by atoms with Gasteiger partial charge in [-0.15, -0.1) is 0 Å². The Balaban J connectivity index is 1.54. The topological polar surface area (TPSA) is 129 Å². The Labute approximate surface area is 260 Å². The summed E-state index contributed by atoms with van der Waals surface area (Å²) in [6.45, 7) is 12.8. The molecule has 2 unspecified atom stereocenters. The van der Waals surface area contributed by atoms with Crippen LogP contribution >= 0.6 is 11.6 Å². The molecule has 4 heterocycles. The summed E-state index contributed by atoms with van der Waals surface area (Å²) in [4.78, 5) is 49.8. The second-order valence-corrected chi connectivity index (χ2v) is 13.0. The van der Waals surface area contributed by atoms with Gasteiger partial charge in [0, 0.05) is 48.5 Å². The van der Waals surface area contributed by atoms with Gasteiger partial charge in [-0.25, -0.2) is 24.4 Å². The number of amides is 1. The van der Waals surface area contributed by atoms with E-state index in [1.165, 1.54) is 9.47 Å². The summed E-state index contributed by atoms with van der Waals surface area (Å²) in [5, 5.41) is 4.42. The summed E-state index contributed by atoms with van der Waals surface area (Å²) in [6.07, 6.45) is 4.11. The van der Waals surface area contributed by atoms with Crippen LogP contribution in [0, 0.1) is 0 Å². The molecule has 12 nitrogen and oxygen atoms in total. The summed E-state index contributed by atoms with van der Waals surface area (Å²) in [6, 6.07) is 6.19. The molecule has 0 aliphatic carbocycles. The van der Waals surface area contributed by atoms with E-state index in [1.54, 1.807) is 71.5 Å². The van der Waals surface area contributed by atoms with Crippen LogP contribution in [0.2, 0.25) is 5.15 Å². The lowest BCUT2D eigenvalue weighted by Gasteiger charge is -2.27. The molecule has 13 heteroatoms. The molecule has 1 aliphatic heterocycles. The average molecular weight is 625 g/mol. The highest BCUT2D eigenvalue weighted by atomic mass is 35.5. The first-order valence-corrected chi connectivity index (χ1v) is 14.8. The number of likely N-dealkylation sites (tertiary alicyclic amines) is 1. The van der Waals surface area contributed by atoms with Crippen molar-refractivity contribution >= 4 is 52.1 Å². The van der Waals surface area contributed by atoms with Gasteiger partial charge in [-0.1, -0.05) is 29.8 Å². The Morgan fingerprint density at radius 3 is 2.41 bits per heavy atom. The zero-order chi connectivity index (χ0) is 32.0. The third kappa shape index (κ3) is 6.30. The second-order valence-electron chi connectivity index (χ2n) is 12.6. The van der Waals surface area contributed by atoms with E-state index in [1.807, 2.05) is 24.3 Å². The number of esters is 1. The summed E-state index contributed by atoms with van der Waals surface area (Å²) < 4.78 is 19.6. The van der Waals surface area contributed by atoms with Crippen LogP contribution in [0.4, 0.5) is 15.4 Å². The molecule has 0 radical (unpaired) electrons. The monoisotopic (exact) mass is 624 g/mol. The number of ether oxygens (including phenoxy) is 3. The van der Waals surface area contributed by atoms with Crippen molar-refractivity contribution in [3.05, 3.63) is 48.0 Å². The van der Waals surface area contributed by atoms with E-state index < -0.39 is 35.4 Å². The SMILES string of the molecule is CCOC(=O)C1CC(Nc2nc(-c3cn(C(=O)OC(C)(C)C)c4ccccc34)c(Cl)n3ccnc23)CN1C(=O)OC(C)(C)C. The standard InChI is InChI=1S/C31H37ClN6O6/c1-8-42-27(39)22-15-18(16-37(22)28(40)43-30(2,3)4)34-25-26-33-13-14-36(26)24(32)23(35-25)20-17-38(29(41)44-31(5,6)7)21-12-10-9-11-19(20)21/h9-14,17-18,22H,8,15-16H2,1-7H3,(H,34,35). The molecule has 3 aromatic heterocycles. The molecule has 1 aliphatic rings. The number of carbonyl (C=O) groups is 3. The van der Waals surface area contributed by atoms with Crippen LogP contribution in [0.1, 0.15) is 54.9 Å². The number of nitrogens with zero attached hydrogens (tertiary/aromatic N) is 5. The van der Waals surface area contributed by atoms with Gasteiger partial charge in [0.1, 0.15) is 28.1 Å². The molecule has 2 atom stereocenters. The normalized spacial score (nSPS) is 17.2. The number of carbonyl (C=O) groups excluding carboxylic acids is 3. The number of nitrogens with one attached hydrogen (secondary N) is 1. The van der Waals surface area contributed by atoms with E-state index in [9.17, 15) is 14.4 Å². The van der Waals surface area contributed by atoms with Crippen LogP contribution < -0.4 is 5.32 Å². The Morgan fingerprint density at radius 2 is 1.73 bits per heavy atom. The van der Waals surface area contributed by atoms with E-state index in [0.717, 1.165) is 5.39 Å². The van der Waals surface area contributed by atoms with E-state index >= 15 is 0 Å². The minimum absolute atomic E-state index is 0.169. The predicted molar refractivity (Wildman–Crippen MR) is 166 cm³/mol. The summed E-state index contributed by atoms with van der Waals surface area (Å²) in [5.41, 5.74) is 0.674.